The maximum absolute atomic E-state index is 2.22. The molecule has 47 valence electrons. The van der Waals surface area contributed by atoms with Gasteiger partial charge in [0.1, 0.15) is 0 Å². The van der Waals surface area contributed by atoms with Crippen LogP contribution in [0.15, 0.2) is 24.3 Å². The zero-order valence-corrected chi connectivity index (χ0v) is 5.97. The summed E-state index contributed by atoms with van der Waals surface area (Å²) in [6.45, 7) is 2.20. The number of hydrogen-bond donors (Lipinski definition) is 0. The van der Waals surface area contributed by atoms with Crippen molar-refractivity contribution in [2.45, 2.75) is 13.3 Å². The molecule has 0 N–H and O–H groups in total. The summed E-state index contributed by atoms with van der Waals surface area (Å²) in [5.41, 5.74) is 0. The van der Waals surface area contributed by atoms with E-state index in [4.69, 9.17) is 0 Å². The summed E-state index contributed by atoms with van der Waals surface area (Å²) in [6.07, 6.45) is 9.90. The maximum atomic E-state index is 2.22. The molecule has 0 saturated carbocycles. The third kappa shape index (κ3) is 1.84. The molecule has 1 rings (SSSR count). The molecule has 1 radical (unpaired) electrons. The summed E-state index contributed by atoms with van der Waals surface area (Å²) < 4.78 is 0. The first-order chi connectivity index (χ1) is 3.43. The molecule has 0 aliphatic heterocycles. The SMILES string of the molecule is CCC1C=CC=C1.[Co]. The van der Waals surface area contributed by atoms with E-state index >= 15 is 0 Å². The van der Waals surface area contributed by atoms with E-state index in [-0.39, 0.29) is 16.8 Å². The van der Waals surface area contributed by atoms with Gasteiger partial charge in [-0.15, -0.1) is 0 Å². The normalized spacial score (nSPS) is 16.6. The Morgan fingerprint density at radius 1 is 1.25 bits per heavy atom. The average molecular weight is 153 g/mol. The van der Waals surface area contributed by atoms with Crippen molar-refractivity contribution in [3.8, 4) is 0 Å². The van der Waals surface area contributed by atoms with Gasteiger partial charge in [-0.25, -0.2) is 0 Å². The predicted molar refractivity (Wildman–Crippen MR) is 32.1 cm³/mol. The Labute approximate surface area is 60.9 Å². The van der Waals surface area contributed by atoms with E-state index in [9.17, 15) is 0 Å². The van der Waals surface area contributed by atoms with Gasteiger partial charge in [-0.3, -0.25) is 0 Å². The van der Waals surface area contributed by atoms with Crippen LogP contribution in [0.25, 0.3) is 0 Å². The van der Waals surface area contributed by atoms with Gasteiger partial charge in [-0.05, 0) is 12.3 Å². The van der Waals surface area contributed by atoms with Crippen LogP contribution in [-0.2, 0) is 16.8 Å². The Kier molecular flexibility index (Phi) is 3.92. The molecular formula is C7H10Co. The number of rotatable bonds is 1. The summed E-state index contributed by atoms with van der Waals surface area (Å²) in [4.78, 5) is 0. The third-order valence-electron chi connectivity index (χ3n) is 1.30. The van der Waals surface area contributed by atoms with Crippen molar-refractivity contribution in [3.05, 3.63) is 24.3 Å². The van der Waals surface area contributed by atoms with Gasteiger partial charge in [-0.1, -0.05) is 31.2 Å². The monoisotopic (exact) mass is 153 g/mol. The molecule has 1 aliphatic carbocycles. The van der Waals surface area contributed by atoms with Crippen molar-refractivity contribution in [1.82, 2.24) is 0 Å². The van der Waals surface area contributed by atoms with Gasteiger partial charge < -0.3 is 0 Å². The Balaban J connectivity index is 0.000000490. The first kappa shape index (κ1) is 7.99. The fraction of sp³-hybridized carbons (Fsp3) is 0.429. The minimum Gasteiger partial charge on any atom is -0.0776 e. The van der Waals surface area contributed by atoms with Gasteiger partial charge in [-0.2, -0.15) is 0 Å². The summed E-state index contributed by atoms with van der Waals surface area (Å²) in [5, 5.41) is 0. The maximum Gasteiger partial charge on any atom is 0 e. The topological polar surface area (TPSA) is 0 Å². The zero-order chi connectivity index (χ0) is 5.11. The van der Waals surface area contributed by atoms with Crippen LogP contribution >= 0.6 is 0 Å². The quantitative estimate of drug-likeness (QED) is 0.541. The van der Waals surface area contributed by atoms with Crippen molar-refractivity contribution in [2.75, 3.05) is 0 Å². The summed E-state index contributed by atoms with van der Waals surface area (Å²) in [5.74, 6) is 0.736. The standard InChI is InChI=1S/C7H10.Co/c1-2-7-5-3-4-6-7;/h3-7H,2H2,1H3;. The number of hydrogen-bond acceptors (Lipinski definition) is 0. The minimum atomic E-state index is 0. The van der Waals surface area contributed by atoms with E-state index in [1.54, 1.807) is 0 Å². The molecule has 8 heavy (non-hydrogen) atoms. The van der Waals surface area contributed by atoms with Crippen molar-refractivity contribution >= 4 is 0 Å². The fourth-order valence-corrected chi connectivity index (χ4v) is 0.750. The zero-order valence-electron chi connectivity index (χ0n) is 4.93. The van der Waals surface area contributed by atoms with Crippen LogP contribution in [0.5, 0.6) is 0 Å². The van der Waals surface area contributed by atoms with Gasteiger partial charge in [0.2, 0.25) is 0 Å². The molecule has 0 bridgehead atoms. The van der Waals surface area contributed by atoms with Crippen molar-refractivity contribution in [3.63, 3.8) is 0 Å². The van der Waals surface area contributed by atoms with Crippen LogP contribution < -0.4 is 0 Å². The van der Waals surface area contributed by atoms with E-state index in [0.717, 1.165) is 5.92 Å². The Morgan fingerprint density at radius 3 is 2.00 bits per heavy atom. The van der Waals surface area contributed by atoms with Gasteiger partial charge in [0.25, 0.3) is 0 Å². The molecule has 0 unspecified atom stereocenters. The van der Waals surface area contributed by atoms with E-state index < -0.39 is 0 Å². The molecule has 0 spiro atoms. The second-order valence-corrected chi connectivity index (χ2v) is 1.84. The molecule has 0 aromatic rings. The minimum absolute atomic E-state index is 0. The Bertz CT molecular complexity index is 91.0. The second kappa shape index (κ2) is 3.93. The molecule has 0 aromatic carbocycles. The molecule has 0 fully saturated rings. The molecule has 0 atom stereocenters. The van der Waals surface area contributed by atoms with Crippen LogP contribution in [0.3, 0.4) is 0 Å². The van der Waals surface area contributed by atoms with Crippen LogP contribution in [0.2, 0.25) is 0 Å². The van der Waals surface area contributed by atoms with Gasteiger partial charge >= 0.3 is 0 Å². The molecular weight excluding hydrogens is 143 g/mol. The molecule has 1 heteroatoms. The number of allylic oxidation sites excluding steroid dienone is 4. The predicted octanol–water partition coefficient (Wildman–Crippen LogP) is 2.14. The molecule has 0 amide bonds. The second-order valence-electron chi connectivity index (χ2n) is 1.84. The largest absolute Gasteiger partial charge is 0.0776 e. The first-order valence-electron chi connectivity index (χ1n) is 2.78. The van der Waals surface area contributed by atoms with Crippen LogP contribution in [0.4, 0.5) is 0 Å². The van der Waals surface area contributed by atoms with E-state index in [1.807, 2.05) is 0 Å². The third-order valence-corrected chi connectivity index (χ3v) is 1.30. The smallest absolute Gasteiger partial charge is 0 e. The summed E-state index contributed by atoms with van der Waals surface area (Å²) in [7, 11) is 0. The van der Waals surface area contributed by atoms with Crippen LogP contribution in [-0.4, -0.2) is 0 Å². The van der Waals surface area contributed by atoms with Crippen LogP contribution in [0, 0.1) is 5.92 Å². The van der Waals surface area contributed by atoms with Crippen molar-refractivity contribution in [2.24, 2.45) is 5.92 Å². The van der Waals surface area contributed by atoms with E-state index in [0.29, 0.717) is 0 Å². The van der Waals surface area contributed by atoms with Gasteiger partial charge in [0, 0.05) is 16.8 Å². The first-order valence-corrected chi connectivity index (χ1v) is 2.78. The van der Waals surface area contributed by atoms with Crippen molar-refractivity contribution in [1.29, 1.82) is 0 Å². The summed E-state index contributed by atoms with van der Waals surface area (Å²) in [6, 6.07) is 0. The average Bonchev–Trinajstić information content (AvgIpc) is 2.14. The van der Waals surface area contributed by atoms with E-state index in [2.05, 4.69) is 31.2 Å². The van der Waals surface area contributed by atoms with Crippen LogP contribution in [0.1, 0.15) is 13.3 Å². The van der Waals surface area contributed by atoms with Gasteiger partial charge in [0.15, 0.2) is 0 Å². The van der Waals surface area contributed by atoms with Crippen molar-refractivity contribution < 1.29 is 16.8 Å². The Hall–Kier alpha value is -0.0135. The fourth-order valence-electron chi connectivity index (χ4n) is 0.750. The molecule has 0 aromatic heterocycles. The summed E-state index contributed by atoms with van der Waals surface area (Å²) >= 11 is 0. The molecule has 0 saturated heterocycles. The van der Waals surface area contributed by atoms with Gasteiger partial charge in [0.05, 0.1) is 0 Å². The van der Waals surface area contributed by atoms with E-state index in [1.165, 1.54) is 6.42 Å². The molecule has 0 nitrogen and oxygen atoms in total. The molecule has 1 aliphatic rings. The molecule has 0 heterocycles. The Morgan fingerprint density at radius 2 is 1.75 bits per heavy atom.